The van der Waals surface area contributed by atoms with Crippen molar-refractivity contribution in [3.8, 4) is 0 Å². The van der Waals surface area contributed by atoms with Gasteiger partial charge < -0.3 is 14.4 Å². The monoisotopic (exact) mass is 457 g/mol. The molecule has 0 saturated carbocycles. The summed E-state index contributed by atoms with van der Waals surface area (Å²) < 4.78 is 1.59. The molecule has 1 aliphatic rings. The van der Waals surface area contributed by atoms with E-state index >= 15 is 0 Å². The summed E-state index contributed by atoms with van der Waals surface area (Å²) in [4.78, 5) is 43.2. The molecular weight excluding hydrogens is 426 g/mol. The molecule has 0 unspecified atom stereocenters. The molecule has 1 saturated heterocycles. The Morgan fingerprint density at radius 1 is 0.912 bits per heavy atom. The molecule has 0 aliphatic carbocycles. The third-order valence-corrected chi connectivity index (χ3v) is 6.38. The van der Waals surface area contributed by atoms with Crippen LogP contribution < -0.4 is 5.56 Å². The fourth-order valence-electron chi connectivity index (χ4n) is 4.59. The predicted molar refractivity (Wildman–Crippen MR) is 133 cm³/mol. The van der Waals surface area contributed by atoms with Crippen LogP contribution in [0.1, 0.15) is 52.5 Å². The number of likely N-dealkylation sites (tertiary alicyclic amines) is 1. The van der Waals surface area contributed by atoms with Crippen molar-refractivity contribution in [1.29, 1.82) is 0 Å². The summed E-state index contributed by atoms with van der Waals surface area (Å²) in [7, 11) is 0. The predicted octanol–water partition coefficient (Wildman–Crippen LogP) is 4.05. The van der Waals surface area contributed by atoms with E-state index < -0.39 is 0 Å². The van der Waals surface area contributed by atoms with Crippen molar-refractivity contribution in [2.24, 2.45) is 0 Å². The quantitative estimate of drug-likeness (QED) is 0.538. The second-order valence-electron chi connectivity index (χ2n) is 8.73. The fourth-order valence-corrected chi connectivity index (χ4v) is 4.59. The van der Waals surface area contributed by atoms with Crippen LogP contribution in [0.25, 0.3) is 0 Å². The normalized spacial score (nSPS) is 14.1. The molecule has 1 fully saturated rings. The number of carbonyl (C=O) groups is 2. The Balaban J connectivity index is 1.48. The van der Waals surface area contributed by atoms with Gasteiger partial charge in [-0.25, -0.2) is 0 Å². The van der Waals surface area contributed by atoms with E-state index in [1.807, 2.05) is 77.4 Å². The lowest BCUT2D eigenvalue weighted by molar-refractivity contribution is 0.0517. The highest BCUT2D eigenvalue weighted by molar-refractivity contribution is 5.95. The van der Waals surface area contributed by atoms with E-state index in [0.29, 0.717) is 44.6 Å². The summed E-state index contributed by atoms with van der Waals surface area (Å²) >= 11 is 0. The summed E-state index contributed by atoms with van der Waals surface area (Å²) in [6.07, 6.45) is 3.94. The first-order valence-electron chi connectivity index (χ1n) is 12.0. The average molecular weight is 458 g/mol. The number of nitrogens with zero attached hydrogens (tertiary/aromatic N) is 3. The number of piperidine rings is 1. The Kier molecular flexibility index (Phi) is 7.58. The zero-order chi connectivity index (χ0) is 23.9. The lowest BCUT2D eigenvalue weighted by atomic mass is 10.0. The van der Waals surface area contributed by atoms with Gasteiger partial charge in [-0.3, -0.25) is 14.4 Å². The molecule has 34 heavy (non-hydrogen) atoms. The first-order valence-corrected chi connectivity index (χ1v) is 12.0. The highest BCUT2D eigenvalue weighted by Crippen LogP contribution is 2.20. The molecule has 6 nitrogen and oxygen atoms in total. The zero-order valence-electron chi connectivity index (χ0n) is 19.6. The molecule has 3 aromatic rings. The maximum Gasteiger partial charge on any atom is 0.263 e. The zero-order valence-corrected chi connectivity index (χ0v) is 19.6. The van der Waals surface area contributed by atoms with Gasteiger partial charge in [-0.05, 0) is 49.1 Å². The van der Waals surface area contributed by atoms with Crippen LogP contribution in [0, 0.1) is 0 Å². The molecular formula is C28H31N3O3. The number of pyridine rings is 1. The molecule has 6 heteroatoms. The molecule has 1 aromatic heterocycles. The van der Waals surface area contributed by atoms with Gasteiger partial charge in [0.2, 0.25) is 0 Å². The smallest absolute Gasteiger partial charge is 0.263 e. The minimum absolute atomic E-state index is 0.00875. The largest absolute Gasteiger partial charge is 0.338 e. The lowest BCUT2D eigenvalue weighted by Crippen LogP contribution is -2.50. The fraction of sp³-hybridized carbons (Fsp3) is 0.321. The van der Waals surface area contributed by atoms with Crippen molar-refractivity contribution in [3.63, 3.8) is 0 Å². The van der Waals surface area contributed by atoms with Crippen LogP contribution in [0.3, 0.4) is 0 Å². The van der Waals surface area contributed by atoms with E-state index in [4.69, 9.17) is 0 Å². The van der Waals surface area contributed by atoms with Crippen molar-refractivity contribution < 1.29 is 9.59 Å². The number of aromatic nitrogens is 1. The third kappa shape index (κ3) is 5.28. The maximum atomic E-state index is 13.5. The van der Waals surface area contributed by atoms with Gasteiger partial charge in [-0.1, -0.05) is 55.5 Å². The number of benzene rings is 2. The minimum atomic E-state index is -0.269. The van der Waals surface area contributed by atoms with Crippen LogP contribution in [0.5, 0.6) is 0 Å². The van der Waals surface area contributed by atoms with Crippen LogP contribution in [0.4, 0.5) is 0 Å². The van der Waals surface area contributed by atoms with Gasteiger partial charge in [0.25, 0.3) is 17.4 Å². The molecule has 4 rings (SSSR count). The molecule has 0 bridgehead atoms. The standard InChI is InChI=1S/C28H31N3O3/c1-2-17-31(24-15-19-29(20-16-24)26(32)23-12-7-4-8-13-23)28(34)25-14-9-18-30(27(25)33)21-22-10-5-3-6-11-22/h3-14,18,24H,2,15-17,19-21H2,1H3. The van der Waals surface area contributed by atoms with Crippen LogP contribution in [0.15, 0.2) is 83.8 Å². The van der Waals surface area contributed by atoms with E-state index in [2.05, 4.69) is 0 Å². The average Bonchev–Trinajstić information content (AvgIpc) is 2.89. The molecule has 1 aliphatic heterocycles. The first kappa shape index (κ1) is 23.5. The Hall–Kier alpha value is -3.67. The molecule has 0 spiro atoms. The summed E-state index contributed by atoms with van der Waals surface area (Å²) in [6, 6.07) is 22.4. The van der Waals surface area contributed by atoms with Crippen molar-refractivity contribution in [2.75, 3.05) is 19.6 Å². The van der Waals surface area contributed by atoms with Crippen molar-refractivity contribution in [3.05, 3.63) is 106 Å². The molecule has 0 N–H and O–H groups in total. The van der Waals surface area contributed by atoms with Gasteiger partial charge in [0.1, 0.15) is 5.56 Å². The topological polar surface area (TPSA) is 62.6 Å². The summed E-state index contributed by atoms with van der Waals surface area (Å²) in [5.41, 5.74) is 1.63. The molecule has 2 heterocycles. The Labute approximate surface area is 200 Å². The van der Waals surface area contributed by atoms with Crippen LogP contribution in [0.2, 0.25) is 0 Å². The number of hydrogen-bond acceptors (Lipinski definition) is 3. The van der Waals surface area contributed by atoms with Crippen molar-refractivity contribution in [2.45, 2.75) is 38.8 Å². The van der Waals surface area contributed by atoms with Crippen molar-refractivity contribution >= 4 is 11.8 Å². The van der Waals surface area contributed by atoms with Crippen LogP contribution in [-0.2, 0) is 6.54 Å². The van der Waals surface area contributed by atoms with E-state index in [1.54, 1.807) is 22.9 Å². The van der Waals surface area contributed by atoms with E-state index in [-0.39, 0.29) is 29.0 Å². The van der Waals surface area contributed by atoms with Gasteiger partial charge >= 0.3 is 0 Å². The summed E-state index contributed by atoms with van der Waals surface area (Å²) in [5, 5.41) is 0. The second-order valence-corrected chi connectivity index (χ2v) is 8.73. The highest BCUT2D eigenvalue weighted by atomic mass is 16.2. The molecule has 0 atom stereocenters. The van der Waals surface area contributed by atoms with E-state index in [0.717, 1.165) is 12.0 Å². The number of carbonyl (C=O) groups excluding carboxylic acids is 2. The number of hydrogen-bond donors (Lipinski definition) is 0. The van der Waals surface area contributed by atoms with Gasteiger partial charge in [0, 0.05) is 37.4 Å². The van der Waals surface area contributed by atoms with Gasteiger partial charge in [-0.2, -0.15) is 0 Å². The van der Waals surface area contributed by atoms with Crippen LogP contribution in [-0.4, -0.2) is 51.9 Å². The third-order valence-electron chi connectivity index (χ3n) is 6.38. The van der Waals surface area contributed by atoms with Gasteiger partial charge in [0.15, 0.2) is 0 Å². The summed E-state index contributed by atoms with van der Waals surface area (Å²) in [5.74, 6) is -0.193. The molecule has 2 amide bonds. The Morgan fingerprint density at radius 3 is 2.21 bits per heavy atom. The number of rotatable bonds is 7. The SMILES string of the molecule is CCCN(C(=O)c1cccn(Cc2ccccc2)c1=O)C1CCN(C(=O)c2ccccc2)CC1. The van der Waals surface area contributed by atoms with Gasteiger partial charge in [0.05, 0.1) is 6.54 Å². The lowest BCUT2D eigenvalue weighted by Gasteiger charge is -2.38. The maximum absolute atomic E-state index is 13.5. The summed E-state index contributed by atoms with van der Waals surface area (Å²) in [6.45, 7) is 4.24. The van der Waals surface area contributed by atoms with Crippen LogP contribution >= 0.6 is 0 Å². The second kappa shape index (κ2) is 11.0. The van der Waals surface area contributed by atoms with Gasteiger partial charge in [-0.15, -0.1) is 0 Å². The number of amides is 2. The highest BCUT2D eigenvalue weighted by Gasteiger charge is 2.31. The molecule has 176 valence electrons. The molecule has 0 radical (unpaired) electrons. The Morgan fingerprint density at radius 2 is 1.56 bits per heavy atom. The van der Waals surface area contributed by atoms with Crippen molar-refractivity contribution in [1.82, 2.24) is 14.4 Å². The first-order chi connectivity index (χ1) is 16.6. The van der Waals surface area contributed by atoms with E-state index in [1.165, 1.54) is 0 Å². The van der Waals surface area contributed by atoms with E-state index in [9.17, 15) is 14.4 Å². The Bertz CT molecular complexity index is 1170. The minimum Gasteiger partial charge on any atom is -0.338 e. The molecule has 2 aromatic carbocycles.